The highest BCUT2D eigenvalue weighted by Gasteiger charge is 2.26. The number of likely N-dealkylation sites (tertiary alicyclic amines) is 1. The van der Waals surface area contributed by atoms with Crippen molar-refractivity contribution in [3.8, 4) is 0 Å². The molecule has 2 amide bonds. The molecule has 28 heavy (non-hydrogen) atoms. The van der Waals surface area contributed by atoms with Crippen molar-refractivity contribution in [2.24, 2.45) is 23.3 Å². The number of carbonyl (C=O) groups is 2. The fraction of sp³-hybridized carbons (Fsp3) is 0.619. The first kappa shape index (κ1) is 20.8. The maximum Gasteiger partial charge on any atom is 0.237 e. The van der Waals surface area contributed by atoms with Crippen molar-refractivity contribution in [2.75, 3.05) is 26.3 Å². The van der Waals surface area contributed by atoms with Crippen LogP contribution in [0.1, 0.15) is 36.8 Å². The minimum absolute atomic E-state index is 0.0529. The summed E-state index contributed by atoms with van der Waals surface area (Å²) in [7, 11) is 0. The van der Waals surface area contributed by atoms with Crippen molar-refractivity contribution in [3.05, 3.63) is 35.4 Å². The maximum absolute atomic E-state index is 12.4. The van der Waals surface area contributed by atoms with Gasteiger partial charge in [-0.1, -0.05) is 24.3 Å². The number of benzene rings is 1. The fourth-order valence-corrected chi connectivity index (χ4v) is 4.12. The predicted octanol–water partition coefficient (Wildman–Crippen LogP) is 0.754. The highest BCUT2D eigenvalue weighted by molar-refractivity contribution is 5.81. The van der Waals surface area contributed by atoms with Crippen LogP contribution in [-0.2, 0) is 27.4 Å². The van der Waals surface area contributed by atoms with Crippen LogP contribution in [-0.4, -0.2) is 49.1 Å². The highest BCUT2D eigenvalue weighted by atomic mass is 16.5. The number of nitrogens with zero attached hydrogens (tertiary/aromatic N) is 1. The van der Waals surface area contributed by atoms with Crippen LogP contribution < -0.4 is 16.8 Å². The lowest BCUT2D eigenvalue weighted by Gasteiger charge is -2.31. The molecule has 1 aromatic carbocycles. The molecule has 2 fully saturated rings. The van der Waals surface area contributed by atoms with E-state index in [0.29, 0.717) is 19.8 Å². The zero-order chi connectivity index (χ0) is 19.9. The maximum atomic E-state index is 12.4. The number of amides is 2. The standard InChI is InChI=1S/C21H32N4O3/c22-19(17-6-9-28-10-7-17)21(27)24-12-15-3-1-4-16(11-15)13-25-8-2-5-18(14-25)20(23)26/h1,3-4,11,17-19H,2,5-10,12-14,22H2,(H2,23,26)(H,24,27). The zero-order valence-corrected chi connectivity index (χ0v) is 16.4. The van der Waals surface area contributed by atoms with E-state index in [1.165, 1.54) is 5.56 Å². The Morgan fingerprint density at radius 3 is 2.71 bits per heavy atom. The van der Waals surface area contributed by atoms with Gasteiger partial charge in [0.1, 0.15) is 0 Å². The normalized spacial score (nSPS) is 22.5. The van der Waals surface area contributed by atoms with Crippen molar-refractivity contribution in [3.63, 3.8) is 0 Å². The third kappa shape index (κ3) is 5.77. The summed E-state index contributed by atoms with van der Waals surface area (Å²) in [6, 6.07) is 7.71. The van der Waals surface area contributed by atoms with Gasteiger partial charge in [-0.2, -0.15) is 0 Å². The number of ether oxygens (including phenoxy) is 1. The lowest BCUT2D eigenvalue weighted by Crippen LogP contribution is -2.46. The SMILES string of the molecule is NC(=O)C1CCCN(Cc2cccc(CNC(=O)C(N)C3CCOCC3)c2)C1. The Hall–Kier alpha value is -1.96. The van der Waals surface area contributed by atoms with Gasteiger partial charge >= 0.3 is 0 Å². The van der Waals surface area contributed by atoms with Crippen molar-refractivity contribution < 1.29 is 14.3 Å². The topological polar surface area (TPSA) is 111 Å². The molecule has 2 aliphatic rings. The van der Waals surface area contributed by atoms with E-state index in [1.54, 1.807) is 0 Å². The molecule has 0 radical (unpaired) electrons. The number of hydrogen-bond donors (Lipinski definition) is 3. The first-order chi connectivity index (χ1) is 13.5. The average Bonchev–Trinajstić information content (AvgIpc) is 2.72. The molecule has 2 atom stereocenters. The summed E-state index contributed by atoms with van der Waals surface area (Å²) in [5, 5.41) is 2.97. The minimum atomic E-state index is -0.480. The lowest BCUT2D eigenvalue weighted by molar-refractivity contribution is -0.124. The molecule has 7 heteroatoms. The number of nitrogens with two attached hydrogens (primary N) is 2. The monoisotopic (exact) mass is 388 g/mol. The summed E-state index contributed by atoms with van der Waals surface area (Å²) < 4.78 is 5.34. The molecule has 2 aliphatic heterocycles. The summed E-state index contributed by atoms with van der Waals surface area (Å²) in [6.07, 6.45) is 3.55. The number of piperidine rings is 1. The van der Waals surface area contributed by atoms with Crippen LogP contribution >= 0.6 is 0 Å². The van der Waals surface area contributed by atoms with Crippen LogP contribution in [0, 0.1) is 11.8 Å². The Bertz CT molecular complexity index is 675. The van der Waals surface area contributed by atoms with Crippen molar-refractivity contribution in [1.29, 1.82) is 0 Å². The number of primary amides is 1. The van der Waals surface area contributed by atoms with Gasteiger partial charge in [-0.05, 0) is 49.3 Å². The van der Waals surface area contributed by atoms with Gasteiger partial charge in [0.25, 0.3) is 0 Å². The van der Waals surface area contributed by atoms with Gasteiger partial charge in [-0.3, -0.25) is 14.5 Å². The molecule has 0 aromatic heterocycles. The van der Waals surface area contributed by atoms with Gasteiger partial charge in [0.2, 0.25) is 11.8 Å². The molecule has 154 valence electrons. The molecule has 3 rings (SSSR count). The van der Waals surface area contributed by atoms with E-state index < -0.39 is 6.04 Å². The molecule has 0 aliphatic carbocycles. The van der Waals surface area contributed by atoms with E-state index >= 15 is 0 Å². The van der Waals surface area contributed by atoms with Gasteiger partial charge < -0.3 is 21.5 Å². The molecule has 2 saturated heterocycles. The van der Waals surface area contributed by atoms with Crippen LogP contribution in [0.2, 0.25) is 0 Å². The summed E-state index contributed by atoms with van der Waals surface area (Å²) in [4.78, 5) is 26.1. The number of nitrogens with one attached hydrogen (secondary N) is 1. The molecule has 1 aromatic rings. The quantitative estimate of drug-likeness (QED) is 0.638. The highest BCUT2D eigenvalue weighted by Crippen LogP contribution is 2.19. The molecule has 2 heterocycles. The summed E-state index contributed by atoms with van der Waals surface area (Å²) in [6.45, 7) is 4.31. The third-order valence-electron chi connectivity index (χ3n) is 5.85. The van der Waals surface area contributed by atoms with Crippen molar-refractivity contribution >= 4 is 11.8 Å². The molecule has 0 saturated carbocycles. The van der Waals surface area contributed by atoms with Gasteiger partial charge in [-0.25, -0.2) is 0 Å². The molecular weight excluding hydrogens is 356 g/mol. The second kappa shape index (κ2) is 10.0. The number of carbonyl (C=O) groups excluding carboxylic acids is 2. The van der Waals surface area contributed by atoms with E-state index in [9.17, 15) is 9.59 Å². The molecule has 0 bridgehead atoms. The summed E-state index contributed by atoms with van der Waals surface area (Å²) >= 11 is 0. The predicted molar refractivity (Wildman–Crippen MR) is 107 cm³/mol. The van der Waals surface area contributed by atoms with Gasteiger partial charge in [0, 0.05) is 32.8 Å². The van der Waals surface area contributed by atoms with Crippen LogP contribution in [0.3, 0.4) is 0 Å². The van der Waals surface area contributed by atoms with Crippen molar-refractivity contribution in [2.45, 2.75) is 44.8 Å². The van der Waals surface area contributed by atoms with Crippen LogP contribution in [0.25, 0.3) is 0 Å². The van der Waals surface area contributed by atoms with E-state index in [2.05, 4.69) is 22.3 Å². The Morgan fingerprint density at radius 2 is 1.96 bits per heavy atom. The Labute approximate surface area is 166 Å². The van der Waals surface area contributed by atoms with Crippen LogP contribution in [0.15, 0.2) is 24.3 Å². The molecule has 2 unspecified atom stereocenters. The van der Waals surface area contributed by atoms with Gasteiger partial charge in [0.15, 0.2) is 0 Å². The largest absolute Gasteiger partial charge is 0.381 e. The smallest absolute Gasteiger partial charge is 0.237 e. The fourth-order valence-electron chi connectivity index (χ4n) is 4.12. The minimum Gasteiger partial charge on any atom is -0.381 e. The average molecular weight is 389 g/mol. The van der Waals surface area contributed by atoms with E-state index in [0.717, 1.165) is 50.9 Å². The van der Waals surface area contributed by atoms with Crippen LogP contribution in [0.5, 0.6) is 0 Å². The van der Waals surface area contributed by atoms with E-state index in [-0.39, 0.29) is 23.7 Å². The molecule has 5 N–H and O–H groups in total. The first-order valence-corrected chi connectivity index (χ1v) is 10.2. The van der Waals surface area contributed by atoms with Crippen LogP contribution in [0.4, 0.5) is 0 Å². The molecule has 7 nitrogen and oxygen atoms in total. The Balaban J connectivity index is 1.50. The molecular formula is C21H32N4O3. The third-order valence-corrected chi connectivity index (χ3v) is 5.85. The lowest BCUT2D eigenvalue weighted by atomic mass is 9.92. The van der Waals surface area contributed by atoms with E-state index in [4.69, 9.17) is 16.2 Å². The molecule has 0 spiro atoms. The second-order valence-corrected chi connectivity index (χ2v) is 7.99. The van der Waals surface area contributed by atoms with Crippen molar-refractivity contribution in [1.82, 2.24) is 10.2 Å². The zero-order valence-electron chi connectivity index (χ0n) is 16.4. The summed E-state index contributed by atoms with van der Waals surface area (Å²) in [5.74, 6) is -0.167. The Morgan fingerprint density at radius 1 is 1.21 bits per heavy atom. The van der Waals surface area contributed by atoms with Gasteiger partial charge in [-0.15, -0.1) is 0 Å². The Kier molecular flexibility index (Phi) is 7.42. The number of hydrogen-bond acceptors (Lipinski definition) is 5. The number of rotatable bonds is 7. The first-order valence-electron chi connectivity index (χ1n) is 10.2. The van der Waals surface area contributed by atoms with E-state index in [1.807, 2.05) is 12.1 Å². The summed E-state index contributed by atoms with van der Waals surface area (Å²) in [5.41, 5.74) is 13.8. The second-order valence-electron chi connectivity index (χ2n) is 7.99. The van der Waals surface area contributed by atoms with Gasteiger partial charge in [0.05, 0.1) is 12.0 Å².